The van der Waals surface area contributed by atoms with Crippen LogP contribution in [-0.4, -0.2) is 30.5 Å². The number of carbonyl (C=O) groups is 1. The predicted octanol–water partition coefficient (Wildman–Crippen LogP) is 4.44. The van der Waals surface area contributed by atoms with Crippen LogP contribution in [0.5, 0.6) is 0 Å². The molecular weight excluding hydrogens is 427 g/mol. The van der Waals surface area contributed by atoms with Gasteiger partial charge in [0.2, 0.25) is 0 Å². The van der Waals surface area contributed by atoms with Gasteiger partial charge < -0.3 is 15.0 Å². The molecule has 1 fully saturated rings. The molecule has 0 spiro atoms. The van der Waals surface area contributed by atoms with Crippen LogP contribution in [-0.2, 0) is 4.74 Å². The molecule has 9 heteroatoms. The fourth-order valence-corrected chi connectivity index (χ4v) is 3.70. The lowest BCUT2D eigenvalue weighted by atomic mass is 10.1. The lowest BCUT2D eigenvalue weighted by molar-refractivity contribution is -0.384. The number of morpholine rings is 1. The predicted molar refractivity (Wildman–Crippen MR) is 120 cm³/mol. The third-order valence-electron chi connectivity index (χ3n) is 5.33. The molecule has 33 heavy (non-hydrogen) atoms. The lowest BCUT2D eigenvalue weighted by Crippen LogP contribution is -2.38. The maximum atomic E-state index is 13.2. The van der Waals surface area contributed by atoms with Crippen LogP contribution in [0.2, 0.25) is 0 Å². The Morgan fingerprint density at radius 1 is 1.18 bits per heavy atom. The van der Waals surface area contributed by atoms with Crippen LogP contribution >= 0.6 is 0 Å². The molecule has 3 aromatic carbocycles. The number of carbonyl (C=O) groups excluding carboxylic acids is 1. The molecule has 0 aliphatic carbocycles. The Balaban J connectivity index is 1.56. The average molecular weight is 446 g/mol. The first-order valence-corrected chi connectivity index (χ1v) is 10.2. The zero-order valence-corrected chi connectivity index (χ0v) is 17.4. The smallest absolute Gasteiger partial charge is 0.293 e. The van der Waals surface area contributed by atoms with Crippen LogP contribution < -0.4 is 10.2 Å². The van der Waals surface area contributed by atoms with E-state index in [-0.39, 0.29) is 23.2 Å². The Bertz CT molecular complexity index is 1240. The molecule has 0 bridgehead atoms. The first-order valence-electron chi connectivity index (χ1n) is 10.2. The fraction of sp³-hybridized carbons (Fsp3) is 0.167. The number of nitrogens with one attached hydrogen (secondary N) is 1. The largest absolute Gasteiger partial charge is 0.370 e. The number of nitro benzene ring substituents is 1. The summed E-state index contributed by atoms with van der Waals surface area (Å²) >= 11 is 0. The zero-order valence-electron chi connectivity index (χ0n) is 17.4. The summed E-state index contributed by atoms with van der Waals surface area (Å²) in [5, 5.41) is 23.5. The molecule has 4 rings (SSSR count). The highest BCUT2D eigenvalue weighted by atomic mass is 19.1. The Morgan fingerprint density at radius 2 is 1.97 bits per heavy atom. The second-order valence-electron chi connectivity index (χ2n) is 7.46. The van der Waals surface area contributed by atoms with E-state index in [1.54, 1.807) is 36.4 Å². The number of benzene rings is 3. The minimum absolute atomic E-state index is 0.121. The highest BCUT2D eigenvalue weighted by Gasteiger charge is 2.28. The lowest BCUT2D eigenvalue weighted by Gasteiger charge is -2.34. The molecule has 0 radical (unpaired) electrons. The topological polar surface area (TPSA) is 108 Å². The Kier molecular flexibility index (Phi) is 6.29. The minimum Gasteiger partial charge on any atom is -0.370 e. The van der Waals surface area contributed by atoms with Gasteiger partial charge in [0.15, 0.2) is 0 Å². The van der Waals surface area contributed by atoms with Crippen molar-refractivity contribution in [1.82, 2.24) is 0 Å². The third kappa shape index (κ3) is 4.97. The van der Waals surface area contributed by atoms with Crippen molar-refractivity contribution in [3.05, 3.63) is 99.4 Å². The summed E-state index contributed by atoms with van der Waals surface area (Å²) in [5.74, 6) is -0.874. The van der Waals surface area contributed by atoms with E-state index in [0.29, 0.717) is 36.6 Å². The van der Waals surface area contributed by atoms with Crippen LogP contribution in [0.15, 0.2) is 66.7 Å². The highest BCUT2D eigenvalue weighted by Crippen LogP contribution is 2.33. The van der Waals surface area contributed by atoms with Gasteiger partial charge in [-0.15, -0.1) is 0 Å². The zero-order chi connectivity index (χ0) is 23.4. The van der Waals surface area contributed by atoms with Gasteiger partial charge in [0.05, 0.1) is 23.2 Å². The van der Waals surface area contributed by atoms with Gasteiger partial charge in [0.1, 0.15) is 17.6 Å². The number of amides is 1. The number of nitriles is 1. The number of anilines is 2. The number of hydrogen-bond donors (Lipinski definition) is 1. The standard InChI is InChI=1S/C24H19FN4O4/c25-19-7-4-17(5-8-19)23-15-28(10-11-33-23)21-9-6-18(13-22(21)29(31)32)24(30)27-20-3-1-2-16(12-20)14-26/h1-9,12-13,23H,10-11,15H2,(H,27,30). The summed E-state index contributed by atoms with van der Waals surface area (Å²) in [7, 11) is 0. The first-order chi connectivity index (χ1) is 15.9. The van der Waals surface area contributed by atoms with Crippen LogP contribution in [0, 0.1) is 27.3 Å². The summed E-state index contributed by atoms with van der Waals surface area (Å²) in [6.45, 7) is 1.13. The Morgan fingerprint density at radius 3 is 2.70 bits per heavy atom. The van der Waals surface area contributed by atoms with E-state index in [2.05, 4.69) is 5.32 Å². The molecule has 1 amide bonds. The van der Waals surface area contributed by atoms with E-state index in [4.69, 9.17) is 10.00 Å². The number of hydrogen-bond acceptors (Lipinski definition) is 6. The van der Waals surface area contributed by atoms with Gasteiger partial charge in [-0.2, -0.15) is 5.26 Å². The second-order valence-corrected chi connectivity index (χ2v) is 7.46. The van der Waals surface area contributed by atoms with Crippen LogP contribution in [0.4, 0.5) is 21.5 Å². The molecule has 166 valence electrons. The van der Waals surface area contributed by atoms with E-state index in [0.717, 1.165) is 5.56 Å². The van der Waals surface area contributed by atoms with Crippen molar-refractivity contribution in [1.29, 1.82) is 5.26 Å². The maximum absolute atomic E-state index is 13.2. The van der Waals surface area contributed by atoms with Crippen molar-refractivity contribution in [2.24, 2.45) is 0 Å². The van der Waals surface area contributed by atoms with Gasteiger partial charge in [-0.3, -0.25) is 14.9 Å². The maximum Gasteiger partial charge on any atom is 0.293 e. The number of halogens is 1. The summed E-state index contributed by atoms with van der Waals surface area (Å²) in [6.07, 6.45) is -0.366. The summed E-state index contributed by atoms with van der Waals surface area (Å²) < 4.78 is 19.0. The van der Waals surface area contributed by atoms with Crippen LogP contribution in [0.1, 0.15) is 27.6 Å². The molecule has 8 nitrogen and oxygen atoms in total. The van der Waals surface area contributed by atoms with Crippen LogP contribution in [0.25, 0.3) is 0 Å². The van der Waals surface area contributed by atoms with Gasteiger partial charge in [-0.1, -0.05) is 18.2 Å². The van der Waals surface area contributed by atoms with Gasteiger partial charge in [-0.05, 0) is 48.0 Å². The third-order valence-corrected chi connectivity index (χ3v) is 5.33. The number of rotatable bonds is 5. The summed E-state index contributed by atoms with van der Waals surface area (Å²) in [4.78, 5) is 25.8. The fourth-order valence-electron chi connectivity index (χ4n) is 3.70. The number of nitro groups is 1. The quantitative estimate of drug-likeness (QED) is 0.459. The molecule has 1 heterocycles. The van der Waals surface area contributed by atoms with Crippen molar-refractivity contribution < 1.29 is 18.8 Å². The number of nitrogens with zero attached hydrogens (tertiary/aromatic N) is 3. The SMILES string of the molecule is N#Cc1cccc(NC(=O)c2ccc(N3CCOC(c4ccc(F)cc4)C3)c([N+](=O)[O-])c2)c1. The first kappa shape index (κ1) is 21.9. The van der Waals surface area contributed by atoms with Gasteiger partial charge in [0.25, 0.3) is 11.6 Å². The van der Waals surface area contributed by atoms with E-state index < -0.39 is 10.8 Å². The van der Waals surface area contributed by atoms with Crippen LogP contribution in [0.3, 0.4) is 0 Å². The molecular formula is C24H19FN4O4. The Labute approximate surface area is 189 Å². The van der Waals surface area contributed by atoms with Crippen molar-refractivity contribution in [3.8, 4) is 6.07 Å². The van der Waals surface area contributed by atoms with Crippen molar-refractivity contribution in [2.45, 2.75) is 6.10 Å². The molecule has 3 aromatic rings. The van der Waals surface area contributed by atoms with Crippen molar-refractivity contribution >= 4 is 23.0 Å². The van der Waals surface area contributed by atoms with E-state index in [1.807, 2.05) is 11.0 Å². The summed E-state index contributed by atoms with van der Waals surface area (Å²) in [5.41, 5.74) is 1.88. The van der Waals surface area contributed by atoms with Gasteiger partial charge in [0, 0.05) is 30.4 Å². The van der Waals surface area contributed by atoms with E-state index in [1.165, 1.54) is 30.3 Å². The highest BCUT2D eigenvalue weighted by molar-refractivity contribution is 6.05. The van der Waals surface area contributed by atoms with E-state index >= 15 is 0 Å². The van der Waals surface area contributed by atoms with Gasteiger partial charge in [-0.25, -0.2) is 4.39 Å². The summed E-state index contributed by atoms with van der Waals surface area (Å²) in [6, 6.07) is 18.6. The average Bonchev–Trinajstić information content (AvgIpc) is 2.84. The normalized spacial score (nSPS) is 15.5. The molecule has 1 atom stereocenters. The second kappa shape index (κ2) is 9.46. The molecule has 0 saturated carbocycles. The Hall–Kier alpha value is -4.29. The molecule has 1 aliphatic heterocycles. The van der Waals surface area contributed by atoms with Crippen molar-refractivity contribution in [2.75, 3.05) is 29.9 Å². The van der Waals surface area contributed by atoms with Gasteiger partial charge >= 0.3 is 0 Å². The minimum atomic E-state index is -0.523. The molecule has 1 aliphatic rings. The number of ether oxygens (including phenoxy) is 1. The molecule has 1 N–H and O–H groups in total. The monoisotopic (exact) mass is 446 g/mol. The molecule has 1 unspecified atom stereocenters. The van der Waals surface area contributed by atoms with E-state index in [9.17, 15) is 19.3 Å². The van der Waals surface area contributed by atoms with Crippen molar-refractivity contribution in [3.63, 3.8) is 0 Å². The molecule has 0 aromatic heterocycles. The molecule has 1 saturated heterocycles.